The van der Waals surface area contributed by atoms with Gasteiger partial charge in [0.1, 0.15) is 5.82 Å². The van der Waals surface area contributed by atoms with Crippen molar-refractivity contribution in [2.75, 3.05) is 5.73 Å². The van der Waals surface area contributed by atoms with Gasteiger partial charge in [-0.2, -0.15) is 0 Å². The van der Waals surface area contributed by atoms with Gasteiger partial charge in [0.2, 0.25) is 0 Å². The smallest absolute Gasteiger partial charge is 0.254 e. The fourth-order valence-electron chi connectivity index (χ4n) is 2.38. The Bertz CT molecular complexity index is 439. The van der Waals surface area contributed by atoms with Gasteiger partial charge in [0.25, 0.3) is 5.91 Å². The van der Waals surface area contributed by atoms with Gasteiger partial charge in [-0.3, -0.25) is 4.79 Å². The van der Waals surface area contributed by atoms with Crippen LogP contribution >= 0.6 is 0 Å². The Balaban J connectivity index is 1.99. The van der Waals surface area contributed by atoms with E-state index in [0.717, 1.165) is 31.6 Å². The molecule has 0 atom stereocenters. The number of hydrogen-bond donors (Lipinski definition) is 2. The number of amides is 1. The highest BCUT2D eigenvalue weighted by atomic mass is 19.1. The minimum absolute atomic E-state index is 0.0721. The highest BCUT2D eigenvalue weighted by Gasteiger charge is 2.21. The summed E-state index contributed by atoms with van der Waals surface area (Å²) in [6, 6.07) is 4.33. The lowest BCUT2D eigenvalue weighted by atomic mass is 9.87. The summed E-state index contributed by atoms with van der Waals surface area (Å²) in [7, 11) is 0. The molecule has 4 heteroatoms. The molecular formula is C14H19FN2O. The first-order valence-corrected chi connectivity index (χ1v) is 6.42. The summed E-state index contributed by atoms with van der Waals surface area (Å²) >= 11 is 0. The fraction of sp³-hybridized carbons (Fsp3) is 0.500. The first-order valence-electron chi connectivity index (χ1n) is 6.42. The molecule has 1 aliphatic rings. The van der Waals surface area contributed by atoms with Crippen LogP contribution in [0.4, 0.5) is 10.1 Å². The second-order valence-corrected chi connectivity index (χ2v) is 5.17. The Hall–Kier alpha value is -1.58. The van der Waals surface area contributed by atoms with E-state index in [1.807, 2.05) is 0 Å². The Morgan fingerprint density at radius 2 is 2.00 bits per heavy atom. The van der Waals surface area contributed by atoms with Crippen molar-refractivity contribution < 1.29 is 9.18 Å². The molecule has 1 aromatic rings. The SMILES string of the molecule is CC1CCC(NC(=O)c2ccc(N)cc2F)CC1. The molecule has 0 saturated heterocycles. The first-order chi connectivity index (χ1) is 8.56. The topological polar surface area (TPSA) is 55.1 Å². The number of hydrogen-bond acceptors (Lipinski definition) is 2. The molecule has 0 aliphatic heterocycles. The minimum Gasteiger partial charge on any atom is -0.399 e. The molecule has 0 radical (unpaired) electrons. The largest absolute Gasteiger partial charge is 0.399 e. The minimum atomic E-state index is -0.559. The number of anilines is 1. The van der Waals surface area contributed by atoms with E-state index in [4.69, 9.17) is 5.73 Å². The Morgan fingerprint density at radius 1 is 1.33 bits per heavy atom. The monoisotopic (exact) mass is 250 g/mol. The lowest BCUT2D eigenvalue weighted by Crippen LogP contribution is -2.37. The number of benzene rings is 1. The second kappa shape index (κ2) is 5.38. The number of rotatable bonds is 2. The van der Waals surface area contributed by atoms with Gasteiger partial charge in [0.15, 0.2) is 0 Å². The van der Waals surface area contributed by atoms with E-state index in [9.17, 15) is 9.18 Å². The summed E-state index contributed by atoms with van der Waals surface area (Å²) < 4.78 is 13.6. The van der Waals surface area contributed by atoms with Gasteiger partial charge in [-0.25, -0.2) is 4.39 Å². The first kappa shape index (κ1) is 12.9. The number of carbonyl (C=O) groups excluding carboxylic acids is 1. The number of halogens is 1. The van der Waals surface area contributed by atoms with E-state index < -0.39 is 5.82 Å². The van der Waals surface area contributed by atoms with Crippen LogP contribution in [0.5, 0.6) is 0 Å². The van der Waals surface area contributed by atoms with Crippen molar-refractivity contribution in [3.05, 3.63) is 29.6 Å². The Labute approximate surface area is 107 Å². The van der Waals surface area contributed by atoms with E-state index >= 15 is 0 Å². The van der Waals surface area contributed by atoms with Crippen LogP contribution in [0, 0.1) is 11.7 Å². The highest BCUT2D eigenvalue weighted by Crippen LogP contribution is 2.23. The zero-order valence-electron chi connectivity index (χ0n) is 10.6. The van der Waals surface area contributed by atoms with Crippen molar-refractivity contribution in [2.24, 2.45) is 5.92 Å². The van der Waals surface area contributed by atoms with Gasteiger partial charge in [-0.15, -0.1) is 0 Å². The molecule has 18 heavy (non-hydrogen) atoms. The zero-order chi connectivity index (χ0) is 13.1. The van der Waals surface area contributed by atoms with Gasteiger partial charge in [0, 0.05) is 11.7 Å². The van der Waals surface area contributed by atoms with E-state index in [0.29, 0.717) is 5.69 Å². The van der Waals surface area contributed by atoms with Crippen LogP contribution in [0.3, 0.4) is 0 Å². The molecule has 1 amide bonds. The maximum Gasteiger partial charge on any atom is 0.254 e. The van der Waals surface area contributed by atoms with E-state index in [2.05, 4.69) is 12.2 Å². The van der Waals surface area contributed by atoms with Gasteiger partial charge in [0.05, 0.1) is 5.56 Å². The van der Waals surface area contributed by atoms with Gasteiger partial charge >= 0.3 is 0 Å². The molecule has 0 bridgehead atoms. The van der Waals surface area contributed by atoms with Crippen molar-refractivity contribution >= 4 is 11.6 Å². The quantitative estimate of drug-likeness (QED) is 0.793. The van der Waals surface area contributed by atoms with Gasteiger partial charge in [-0.05, 0) is 49.8 Å². The summed E-state index contributed by atoms with van der Waals surface area (Å²) in [4.78, 5) is 11.9. The second-order valence-electron chi connectivity index (χ2n) is 5.17. The molecule has 0 heterocycles. The van der Waals surface area contributed by atoms with Crippen LogP contribution in [0.2, 0.25) is 0 Å². The summed E-state index contributed by atoms with van der Waals surface area (Å²) in [5.74, 6) is -0.171. The number of nitrogen functional groups attached to an aromatic ring is 1. The maximum atomic E-state index is 13.6. The predicted molar refractivity (Wildman–Crippen MR) is 69.7 cm³/mol. The van der Waals surface area contributed by atoms with E-state index in [-0.39, 0.29) is 17.5 Å². The molecule has 1 fully saturated rings. The van der Waals surface area contributed by atoms with E-state index in [1.165, 1.54) is 12.1 Å². The normalized spacial score (nSPS) is 23.7. The van der Waals surface area contributed by atoms with Gasteiger partial charge < -0.3 is 11.1 Å². The molecule has 1 aromatic carbocycles. The third-order valence-corrected chi connectivity index (χ3v) is 3.59. The van der Waals surface area contributed by atoms with Crippen molar-refractivity contribution in [3.63, 3.8) is 0 Å². The lowest BCUT2D eigenvalue weighted by molar-refractivity contribution is 0.0919. The highest BCUT2D eigenvalue weighted by molar-refractivity contribution is 5.95. The van der Waals surface area contributed by atoms with Gasteiger partial charge in [-0.1, -0.05) is 6.92 Å². The third kappa shape index (κ3) is 3.00. The van der Waals surface area contributed by atoms with Crippen molar-refractivity contribution in [3.8, 4) is 0 Å². The van der Waals surface area contributed by atoms with Crippen LogP contribution in [-0.2, 0) is 0 Å². The standard InChI is InChI=1S/C14H19FN2O/c1-9-2-5-11(6-3-9)17-14(18)12-7-4-10(16)8-13(12)15/h4,7-9,11H,2-3,5-6,16H2,1H3,(H,17,18). The summed E-state index contributed by atoms with van der Waals surface area (Å²) in [6.07, 6.45) is 4.19. The molecular weight excluding hydrogens is 231 g/mol. The van der Waals surface area contributed by atoms with Crippen LogP contribution in [0.15, 0.2) is 18.2 Å². The number of nitrogens with two attached hydrogens (primary N) is 1. The maximum absolute atomic E-state index is 13.6. The average Bonchev–Trinajstić information content (AvgIpc) is 2.32. The summed E-state index contributed by atoms with van der Waals surface area (Å²) in [5.41, 5.74) is 5.86. The van der Waals surface area contributed by atoms with Crippen molar-refractivity contribution in [1.82, 2.24) is 5.32 Å². The number of carbonyl (C=O) groups is 1. The predicted octanol–water partition coefficient (Wildman–Crippen LogP) is 2.72. The molecule has 98 valence electrons. The average molecular weight is 250 g/mol. The molecule has 3 N–H and O–H groups in total. The van der Waals surface area contributed by atoms with Crippen LogP contribution in [-0.4, -0.2) is 11.9 Å². The van der Waals surface area contributed by atoms with Crippen molar-refractivity contribution in [1.29, 1.82) is 0 Å². The lowest BCUT2D eigenvalue weighted by Gasteiger charge is -2.26. The third-order valence-electron chi connectivity index (χ3n) is 3.59. The van der Waals surface area contributed by atoms with Crippen molar-refractivity contribution in [2.45, 2.75) is 38.6 Å². The van der Waals surface area contributed by atoms with Crippen LogP contribution in [0.1, 0.15) is 43.0 Å². The Kier molecular flexibility index (Phi) is 3.84. The molecule has 0 unspecified atom stereocenters. The molecule has 1 aliphatic carbocycles. The summed E-state index contributed by atoms with van der Waals surface area (Å²) in [6.45, 7) is 2.22. The fourth-order valence-corrected chi connectivity index (χ4v) is 2.38. The van der Waals surface area contributed by atoms with Crippen LogP contribution in [0.25, 0.3) is 0 Å². The molecule has 2 rings (SSSR count). The van der Waals surface area contributed by atoms with E-state index in [1.54, 1.807) is 6.07 Å². The summed E-state index contributed by atoms with van der Waals surface area (Å²) in [5, 5.41) is 2.90. The molecule has 3 nitrogen and oxygen atoms in total. The zero-order valence-corrected chi connectivity index (χ0v) is 10.6. The molecule has 0 aromatic heterocycles. The molecule has 0 spiro atoms. The number of nitrogens with one attached hydrogen (secondary N) is 1. The Morgan fingerprint density at radius 3 is 2.61 bits per heavy atom. The molecule has 1 saturated carbocycles. The van der Waals surface area contributed by atoms with Crippen LogP contribution < -0.4 is 11.1 Å².